The zero-order chi connectivity index (χ0) is 15.6. The quantitative estimate of drug-likeness (QED) is 0.877. The monoisotopic (exact) mass is 309 g/mol. The summed E-state index contributed by atoms with van der Waals surface area (Å²) in [6.07, 6.45) is 4.98. The molecule has 0 aliphatic heterocycles. The number of amides is 1. The van der Waals surface area contributed by atoms with Gasteiger partial charge in [0, 0.05) is 12.5 Å². The van der Waals surface area contributed by atoms with E-state index >= 15 is 0 Å². The largest absolute Gasteiger partial charge is 0.345 e. The summed E-state index contributed by atoms with van der Waals surface area (Å²) in [5.41, 5.74) is 6.33. The number of hydrogen-bond acceptors (Lipinski definition) is 4. The first-order chi connectivity index (χ1) is 9.87. The van der Waals surface area contributed by atoms with Crippen molar-refractivity contribution in [2.45, 2.75) is 64.8 Å². The van der Waals surface area contributed by atoms with E-state index in [1.165, 1.54) is 25.7 Å². The lowest BCUT2D eigenvalue weighted by Gasteiger charge is -2.33. The minimum Gasteiger partial charge on any atom is -0.345 e. The van der Waals surface area contributed by atoms with Crippen molar-refractivity contribution in [3.05, 3.63) is 15.6 Å². The van der Waals surface area contributed by atoms with Crippen molar-refractivity contribution >= 4 is 17.2 Å². The van der Waals surface area contributed by atoms with Gasteiger partial charge in [0.15, 0.2) is 0 Å². The summed E-state index contributed by atoms with van der Waals surface area (Å²) in [6, 6.07) is 0. The Morgan fingerprint density at radius 3 is 2.62 bits per heavy atom. The summed E-state index contributed by atoms with van der Waals surface area (Å²) >= 11 is 1.56. The third kappa shape index (κ3) is 3.46. The molecule has 1 amide bonds. The summed E-state index contributed by atoms with van der Waals surface area (Å²) in [6.45, 7) is 8.53. The van der Waals surface area contributed by atoms with Crippen LogP contribution in [0.25, 0.3) is 0 Å². The molecule has 0 saturated heterocycles. The van der Waals surface area contributed by atoms with Gasteiger partial charge in [-0.25, -0.2) is 4.98 Å². The topological polar surface area (TPSA) is 68.0 Å². The van der Waals surface area contributed by atoms with Crippen molar-refractivity contribution in [1.29, 1.82) is 0 Å². The third-order valence-corrected chi connectivity index (χ3v) is 6.14. The second kappa shape index (κ2) is 6.44. The first kappa shape index (κ1) is 16.4. The van der Waals surface area contributed by atoms with E-state index in [1.807, 2.05) is 13.8 Å². The van der Waals surface area contributed by atoms with E-state index < -0.39 is 0 Å². The first-order valence-corrected chi connectivity index (χ1v) is 8.69. The molecule has 21 heavy (non-hydrogen) atoms. The molecule has 1 aliphatic carbocycles. The molecule has 118 valence electrons. The lowest BCUT2D eigenvalue weighted by molar-refractivity contribution is 0.0886. The smallest absolute Gasteiger partial charge is 0.263 e. The number of carbonyl (C=O) groups excluding carboxylic acids is 1. The molecule has 4 nitrogen and oxygen atoms in total. The Morgan fingerprint density at radius 1 is 1.48 bits per heavy atom. The van der Waals surface area contributed by atoms with E-state index in [1.54, 1.807) is 11.3 Å². The Kier molecular flexibility index (Phi) is 5.04. The van der Waals surface area contributed by atoms with Crippen LogP contribution in [-0.2, 0) is 0 Å². The normalized spacial score (nSPS) is 19.0. The second-order valence-electron chi connectivity index (χ2n) is 6.68. The van der Waals surface area contributed by atoms with Crippen LogP contribution in [0.2, 0.25) is 0 Å². The molecule has 1 aromatic rings. The molecule has 2 rings (SSSR count). The highest BCUT2D eigenvalue weighted by Gasteiger charge is 2.31. The minimum atomic E-state index is -0.374. The van der Waals surface area contributed by atoms with Gasteiger partial charge >= 0.3 is 0 Å². The third-order valence-electron chi connectivity index (χ3n) is 4.82. The molecule has 0 spiro atoms. The molecule has 1 aliphatic rings. The second-order valence-corrected chi connectivity index (χ2v) is 7.71. The average molecular weight is 309 g/mol. The highest BCUT2D eigenvalue weighted by atomic mass is 32.1. The molecule has 1 aromatic heterocycles. The van der Waals surface area contributed by atoms with Crippen LogP contribution in [-0.4, -0.2) is 23.0 Å². The van der Waals surface area contributed by atoms with E-state index in [0.717, 1.165) is 15.6 Å². The molecule has 0 bridgehead atoms. The number of rotatable bonds is 5. The van der Waals surface area contributed by atoms with Crippen LogP contribution < -0.4 is 11.1 Å². The Bertz CT molecular complexity index is 506. The van der Waals surface area contributed by atoms with Crippen molar-refractivity contribution in [3.8, 4) is 0 Å². The number of nitrogens with zero attached hydrogens (tertiary/aromatic N) is 1. The van der Waals surface area contributed by atoms with Gasteiger partial charge in [0.2, 0.25) is 0 Å². The predicted molar refractivity (Wildman–Crippen MR) is 87.8 cm³/mol. The SMILES string of the molecule is Cc1nc(C2CCCC2)sc1C(=O)NC(C)(CN)C(C)C. The van der Waals surface area contributed by atoms with Gasteiger partial charge < -0.3 is 11.1 Å². The van der Waals surface area contributed by atoms with Crippen molar-refractivity contribution < 1.29 is 4.79 Å². The number of carbonyl (C=O) groups is 1. The van der Waals surface area contributed by atoms with Crippen LogP contribution in [0.1, 0.15) is 72.7 Å². The van der Waals surface area contributed by atoms with Gasteiger partial charge in [0.25, 0.3) is 5.91 Å². The zero-order valence-corrected chi connectivity index (χ0v) is 14.3. The Morgan fingerprint density at radius 2 is 2.10 bits per heavy atom. The number of nitrogens with one attached hydrogen (secondary N) is 1. The van der Waals surface area contributed by atoms with Gasteiger partial charge in [-0.15, -0.1) is 11.3 Å². The van der Waals surface area contributed by atoms with Crippen molar-refractivity contribution in [1.82, 2.24) is 10.3 Å². The van der Waals surface area contributed by atoms with E-state index in [-0.39, 0.29) is 17.4 Å². The molecule has 1 unspecified atom stereocenters. The number of nitrogens with two attached hydrogens (primary N) is 1. The Hall–Kier alpha value is -0.940. The zero-order valence-electron chi connectivity index (χ0n) is 13.5. The highest BCUT2D eigenvalue weighted by Crippen LogP contribution is 2.37. The maximum Gasteiger partial charge on any atom is 0.263 e. The number of thiazole rings is 1. The summed E-state index contributed by atoms with van der Waals surface area (Å²) in [7, 11) is 0. The number of aryl methyl sites for hydroxylation is 1. The summed E-state index contributed by atoms with van der Waals surface area (Å²) in [5, 5.41) is 4.24. The first-order valence-electron chi connectivity index (χ1n) is 7.87. The fourth-order valence-electron chi connectivity index (χ4n) is 2.72. The van der Waals surface area contributed by atoms with Crippen LogP contribution in [0.15, 0.2) is 0 Å². The van der Waals surface area contributed by atoms with Crippen LogP contribution in [0, 0.1) is 12.8 Å². The van der Waals surface area contributed by atoms with Crippen molar-refractivity contribution in [2.75, 3.05) is 6.54 Å². The van der Waals surface area contributed by atoms with Gasteiger partial charge in [-0.1, -0.05) is 26.7 Å². The maximum absolute atomic E-state index is 12.6. The highest BCUT2D eigenvalue weighted by molar-refractivity contribution is 7.13. The average Bonchev–Trinajstić information content (AvgIpc) is 3.06. The predicted octanol–water partition coefficient (Wildman–Crippen LogP) is 3.21. The van der Waals surface area contributed by atoms with Crippen molar-refractivity contribution in [3.63, 3.8) is 0 Å². The molecule has 0 radical (unpaired) electrons. The van der Waals surface area contributed by atoms with E-state index in [2.05, 4.69) is 24.1 Å². The fourth-order valence-corrected chi connectivity index (χ4v) is 3.85. The van der Waals surface area contributed by atoms with Gasteiger partial charge in [-0.3, -0.25) is 4.79 Å². The summed E-state index contributed by atoms with van der Waals surface area (Å²) in [5.74, 6) is 0.811. The standard InChI is InChI=1S/C16H27N3OS/c1-10(2)16(4,9-17)19-14(20)13-11(3)18-15(21-13)12-7-5-6-8-12/h10,12H,5-9,17H2,1-4H3,(H,19,20). The summed E-state index contributed by atoms with van der Waals surface area (Å²) in [4.78, 5) is 18.0. The van der Waals surface area contributed by atoms with E-state index in [4.69, 9.17) is 5.73 Å². The Balaban J connectivity index is 2.15. The lowest BCUT2D eigenvalue weighted by atomic mass is 9.88. The maximum atomic E-state index is 12.6. The molecule has 0 aromatic carbocycles. The van der Waals surface area contributed by atoms with Crippen LogP contribution >= 0.6 is 11.3 Å². The fraction of sp³-hybridized carbons (Fsp3) is 0.750. The molecular weight excluding hydrogens is 282 g/mol. The number of hydrogen-bond donors (Lipinski definition) is 2. The van der Waals surface area contributed by atoms with Gasteiger partial charge in [-0.2, -0.15) is 0 Å². The van der Waals surface area contributed by atoms with E-state index in [9.17, 15) is 4.79 Å². The van der Waals surface area contributed by atoms with E-state index in [0.29, 0.717) is 12.5 Å². The van der Waals surface area contributed by atoms with Gasteiger partial charge in [-0.05, 0) is 32.6 Å². The minimum absolute atomic E-state index is 0.0316. The Labute approximate surface area is 131 Å². The molecule has 5 heteroatoms. The van der Waals surface area contributed by atoms with Gasteiger partial charge in [0.05, 0.1) is 16.2 Å². The molecule has 1 atom stereocenters. The van der Waals surface area contributed by atoms with Crippen LogP contribution in [0.3, 0.4) is 0 Å². The molecular formula is C16H27N3OS. The van der Waals surface area contributed by atoms with Gasteiger partial charge in [0.1, 0.15) is 4.88 Å². The van der Waals surface area contributed by atoms with Crippen molar-refractivity contribution in [2.24, 2.45) is 11.7 Å². The van der Waals surface area contributed by atoms with Crippen LogP contribution in [0.4, 0.5) is 0 Å². The molecule has 3 N–H and O–H groups in total. The molecule has 1 saturated carbocycles. The molecule has 1 fully saturated rings. The summed E-state index contributed by atoms with van der Waals surface area (Å²) < 4.78 is 0. The van der Waals surface area contributed by atoms with Crippen LogP contribution in [0.5, 0.6) is 0 Å². The molecule has 1 heterocycles. The lowest BCUT2D eigenvalue weighted by Crippen LogP contribution is -2.54. The number of aromatic nitrogens is 1.